The number of amides is 1. The Kier molecular flexibility index (Phi) is 11.1. The van der Waals surface area contributed by atoms with Crippen LogP contribution in [0.1, 0.15) is 99.2 Å². The molecule has 2 aromatic rings. The Balaban J connectivity index is 1.58. The number of carbonyl (C=O) groups is 2. The highest BCUT2D eigenvalue weighted by molar-refractivity contribution is 5.93. The molecule has 4 rings (SSSR count). The third-order valence-electron chi connectivity index (χ3n) is 8.14. The summed E-state index contributed by atoms with van der Waals surface area (Å²) in [5, 5.41) is 3.42. The van der Waals surface area contributed by atoms with E-state index in [1.54, 1.807) is 26.2 Å². The molecule has 1 amide bonds. The number of hydrogen-bond donors (Lipinski definition) is 1. The molecule has 1 unspecified atom stereocenters. The highest BCUT2D eigenvalue weighted by Crippen LogP contribution is 2.38. The SMILES string of the molecule is CCOC(=O)c1ccc(CC(=O)NC(CC2CCCCC2)c2ccc(OC)cc2N2CCCCC2)cc1OCC. The smallest absolute Gasteiger partial charge is 0.341 e. The Morgan fingerprint density at radius 2 is 1.70 bits per heavy atom. The van der Waals surface area contributed by atoms with Gasteiger partial charge in [-0.3, -0.25) is 4.79 Å². The number of esters is 1. The number of methoxy groups -OCH3 is 1. The fraction of sp³-hybridized carbons (Fsp3) is 0.576. The van der Waals surface area contributed by atoms with Gasteiger partial charge in [-0.25, -0.2) is 4.79 Å². The van der Waals surface area contributed by atoms with E-state index in [4.69, 9.17) is 14.2 Å². The van der Waals surface area contributed by atoms with Crippen LogP contribution in [-0.4, -0.2) is 45.3 Å². The fourth-order valence-corrected chi connectivity index (χ4v) is 6.13. The zero-order chi connectivity index (χ0) is 28.3. The van der Waals surface area contributed by atoms with Gasteiger partial charge in [-0.15, -0.1) is 0 Å². The third-order valence-corrected chi connectivity index (χ3v) is 8.14. The molecule has 7 nitrogen and oxygen atoms in total. The number of hydrogen-bond acceptors (Lipinski definition) is 6. The second-order valence-corrected chi connectivity index (χ2v) is 11.0. The van der Waals surface area contributed by atoms with E-state index < -0.39 is 5.97 Å². The van der Waals surface area contributed by atoms with Crippen molar-refractivity contribution in [2.45, 2.75) is 84.1 Å². The predicted octanol–water partition coefficient (Wildman–Crippen LogP) is 6.63. The predicted molar refractivity (Wildman–Crippen MR) is 158 cm³/mol. The number of piperidine rings is 1. The van der Waals surface area contributed by atoms with E-state index in [9.17, 15) is 9.59 Å². The normalized spacial score (nSPS) is 16.7. The first kappa shape index (κ1) is 29.8. The monoisotopic (exact) mass is 550 g/mol. The quantitative estimate of drug-likeness (QED) is 0.299. The summed E-state index contributed by atoms with van der Waals surface area (Å²) in [5.74, 6) is 1.44. The molecule has 1 saturated carbocycles. The molecule has 1 aliphatic heterocycles. The topological polar surface area (TPSA) is 77.1 Å². The molecular formula is C33H46N2O5. The van der Waals surface area contributed by atoms with E-state index in [1.165, 1.54) is 62.6 Å². The van der Waals surface area contributed by atoms with Crippen LogP contribution in [0.3, 0.4) is 0 Å². The van der Waals surface area contributed by atoms with Crippen molar-refractivity contribution in [3.05, 3.63) is 53.1 Å². The standard InChI is InChI=1S/C33H46N2O5/c1-4-39-31-21-25(14-16-28(31)33(37)40-5-2)22-32(36)34-29(20-24-12-8-6-9-13-24)27-17-15-26(38-3)23-30(27)35-18-10-7-11-19-35/h14-17,21,23-24,29H,4-13,18-20,22H2,1-3H3,(H,34,36). The number of nitrogens with one attached hydrogen (secondary N) is 1. The van der Waals surface area contributed by atoms with Gasteiger partial charge in [0.2, 0.25) is 5.91 Å². The van der Waals surface area contributed by atoms with Crippen molar-refractivity contribution < 1.29 is 23.8 Å². The Bertz CT molecular complexity index is 1120. The zero-order valence-electron chi connectivity index (χ0n) is 24.5. The molecule has 0 aromatic heterocycles. The first-order valence-electron chi connectivity index (χ1n) is 15.2. The van der Waals surface area contributed by atoms with E-state index >= 15 is 0 Å². The molecule has 1 N–H and O–H groups in total. The molecular weight excluding hydrogens is 504 g/mol. The molecule has 218 valence electrons. The first-order valence-corrected chi connectivity index (χ1v) is 15.2. The molecule has 0 spiro atoms. The van der Waals surface area contributed by atoms with Gasteiger partial charge in [0.1, 0.15) is 17.1 Å². The van der Waals surface area contributed by atoms with Gasteiger partial charge >= 0.3 is 5.97 Å². The van der Waals surface area contributed by atoms with Crippen LogP contribution < -0.4 is 19.7 Å². The van der Waals surface area contributed by atoms with Crippen molar-refractivity contribution in [3.8, 4) is 11.5 Å². The number of rotatable bonds is 12. The molecule has 7 heteroatoms. The van der Waals surface area contributed by atoms with Crippen LogP contribution in [0.4, 0.5) is 5.69 Å². The lowest BCUT2D eigenvalue weighted by atomic mass is 9.82. The summed E-state index contributed by atoms with van der Waals surface area (Å²) in [5.41, 5.74) is 3.54. The minimum atomic E-state index is -0.417. The van der Waals surface area contributed by atoms with Gasteiger partial charge in [0.25, 0.3) is 0 Å². The number of nitrogens with zero attached hydrogens (tertiary/aromatic N) is 1. The van der Waals surface area contributed by atoms with Gasteiger partial charge in [-0.1, -0.05) is 44.2 Å². The van der Waals surface area contributed by atoms with Crippen LogP contribution >= 0.6 is 0 Å². The van der Waals surface area contributed by atoms with Crippen molar-refractivity contribution in [1.82, 2.24) is 5.32 Å². The highest BCUT2D eigenvalue weighted by atomic mass is 16.5. The Labute approximate surface area is 239 Å². The van der Waals surface area contributed by atoms with Crippen molar-refractivity contribution in [3.63, 3.8) is 0 Å². The molecule has 0 radical (unpaired) electrons. The molecule has 2 aliphatic rings. The minimum absolute atomic E-state index is 0.0347. The first-order chi connectivity index (χ1) is 19.5. The van der Waals surface area contributed by atoms with Crippen LogP contribution in [0, 0.1) is 5.92 Å². The fourth-order valence-electron chi connectivity index (χ4n) is 6.13. The Morgan fingerprint density at radius 1 is 0.950 bits per heavy atom. The molecule has 1 aliphatic carbocycles. The maximum absolute atomic E-state index is 13.6. The van der Waals surface area contributed by atoms with E-state index in [-0.39, 0.29) is 18.4 Å². The van der Waals surface area contributed by atoms with Gasteiger partial charge in [0.15, 0.2) is 0 Å². The van der Waals surface area contributed by atoms with Gasteiger partial charge in [-0.05, 0) is 74.8 Å². The van der Waals surface area contributed by atoms with Crippen molar-refractivity contribution >= 4 is 17.6 Å². The third kappa shape index (κ3) is 7.92. The van der Waals surface area contributed by atoms with Gasteiger partial charge in [-0.2, -0.15) is 0 Å². The largest absolute Gasteiger partial charge is 0.497 e. The Morgan fingerprint density at radius 3 is 2.40 bits per heavy atom. The summed E-state index contributed by atoms with van der Waals surface area (Å²) < 4.78 is 16.5. The summed E-state index contributed by atoms with van der Waals surface area (Å²) >= 11 is 0. The second kappa shape index (κ2) is 15.0. The molecule has 0 bridgehead atoms. The molecule has 2 fully saturated rings. The lowest BCUT2D eigenvalue weighted by Crippen LogP contribution is -2.35. The molecule has 2 aromatic carbocycles. The van der Waals surface area contributed by atoms with Crippen LogP contribution in [-0.2, 0) is 16.0 Å². The summed E-state index contributed by atoms with van der Waals surface area (Å²) in [6, 6.07) is 11.5. The van der Waals surface area contributed by atoms with E-state index in [2.05, 4.69) is 22.3 Å². The maximum Gasteiger partial charge on any atom is 0.341 e. The average Bonchev–Trinajstić information content (AvgIpc) is 2.98. The van der Waals surface area contributed by atoms with Crippen molar-refractivity contribution in [2.24, 2.45) is 5.92 Å². The van der Waals surface area contributed by atoms with Crippen molar-refractivity contribution in [2.75, 3.05) is 38.3 Å². The second-order valence-electron chi connectivity index (χ2n) is 11.0. The average molecular weight is 551 g/mol. The minimum Gasteiger partial charge on any atom is -0.497 e. The van der Waals surface area contributed by atoms with Crippen LogP contribution in [0.15, 0.2) is 36.4 Å². The van der Waals surface area contributed by atoms with Gasteiger partial charge in [0, 0.05) is 24.8 Å². The number of anilines is 1. The maximum atomic E-state index is 13.6. The van der Waals surface area contributed by atoms with Crippen molar-refractivity contribution in [1.29, 1.82) is 0 Å². The van der Waals surface area contributed by atoms with E-state index in [1.807, 2.05) is 19.1 Å². The zero-order valence-corrected chi connectivity index (χ0v) is 24.5. The highest BCUT2D eigenvalue weighted by Gasteiger charge is 2.27. The Hall–Kier alpha value is -3.22. The van der Waals surface area contributed by atoms with Crippen LogP contribution in [0.5, 0.6) is 11.5 Å². The summed E-state index contributed by atoms with van der Waals surface area (Å²) in [7, 11) is 1.71. The van der Waals surface area contributed by atoms with Gasteiger partial charge in [0.05, 0.1) is 32.8 Å². The summed E-state index contributed by atoms with van der Waals surface area (Å²) in [6.07, 6.45) is 11.0. The lowest BCUT2D eigenvalue weighted by molar-refractivity contribution is -0.121. The summed E-state index contributed by atoms with van der Waals surface area (Å²) in [4.78, 5) is 28.4. The van der Waals surface area contributed by atoms with Gasteiger partial charge < -0.3 is 24.4 Å². The summed E-state index contributed by atoms with van der Waals surface area (Å²) in [6.45, 7) is 6.41. The molecule has 1 atom stereocenters. The lowest BCUT2D eigenvalue weighted by Gasteiger charge is -2.34. The molecule has 1 heterocycles. The van der Waals surface area contributed by atoms with Crippen LogP contribution in [0.25, 0.3) is 0 Å². The van der Waals surface area contributed by atoms with E-state index in [0.29, 0.717) is 30.4 Å². The number of ether oxygens (including phenoxy) is 3. The molecule has 40 heavy (non-hydrogen) atoms. The number of benzene rings is 2. The molecule has 1 saturated heterocycles. The van der Waals surface area contributed by atoms with E-state index in [0.717, 1.165) is 30.8 Å². The van der Waals surface area contributed by atoms with Crippen LogP contribution in [0.2, 0.25) is 0 Å². The number of carbonyl (C=O) groups excluding carboxylic acids is 2.